The summed E-state index contributed by atoms with van der Waals surface area (Å²) in [7, 11) is 0. The van der Waals surface area contributed by atoms with Gasteiger partial charge in [-0.3, -0.25) is 9.97 Å². The maximum atomic E-state index is 6.33. The van der Waals surface area contributed by atoms with Crippen LogP contribution in [0.1, 0.15) is 48.0 Å². The highest BCUT2D eigenvalue weighted by Crippen LogP contribution is 2.39. The Morgan fingerprint density at radius 3 is 2.67 bits per heavy atom. The average molecular weight is 239 g/mol. The summed E-state index contributed by atoms with van der Waals surface area (Å²) in [5, 5.41) is 0. The molecule has 0 saturated heterocycles. The lowest BCUT2D eigenvalue weighted by Gasteiger charge is -2.29. The largest absolute Gasteiger partial charge is 0.319 e. The van der Waals surface area contributed by atoms with Gasteiger partial charge in [-0.05, 0) is 29.9 Å². The molecular weight excluding hydrogens is 222 g/mol. The Hall–Kier alpha value is -1.74. The molecule has 2 N–H and O–H groups in total. The van der Waals surface area contributed by atoms with Gasteiger partial charge < -0.3 is 5.73 Å². The lowest BCUT2D eigenvalue weighted by atomic mass is 9.77. The van der Waals surface area contributed by atoms with E-state index in [0.29, 0.717) is 5.92 Å². The van der Waals surface area contributed by atoms with Crippen LogP contribution in [0.5, 0.6) is 0 Å². The molecule has 3 heteroatoms. The van der Waals surface area contributed by atoms with E-state index in [1.165, 1.54) is 30.4 Å². The van der Waals surface area contributed by atoms with E-state index in [0.717, 1.165) is 5.69 Å². The van der Waals surface area contributed by atoms with Crippen molar-refractivity contribution in [2.75, 3.05) is 0 Å². The SMILES string of the molecule is NC(c1cnccn1)c1ccccc1C1CCC1. The van der Waals surface area contributed by atoms with E-state index in [2.05, 4.69) is 28.2 Å². The molecule has 3 rings (SSSR count). The molecule has 1 atom stereocenters. The van der Waals surface area contributed by atoms with Gasteiger partial charge in [-0.2, -0.15) is 0 Å². The maximum absolute atomic E-state index is 6.33. The lowest BCUT2D eigenvalue weighted by Crippen LogP contribution is -2.19. The van der Waals surface area contributed by atoms with Gasteiger partial charge in [-0.15, -0.1) is 0 Å². The standard InChI is InChI=1S/C15H17N3/c16-15(14-10-17-8-9-18-14)13-7-2-1-6-12(13)11-4-3-5-11/h1-2,6-11,15H,3-5,16H2. The van der Waals surface area contributed by atoms with E-state index >= 15 is 0 Å². The summed E-state index contributed by atoms with van der Waals surface area (Å²) in [5.74, 6) is 0.684. The Balaban J connectivity index is 1.96. The molecular formula is C15H17N3. The first kappa shape index (κ1) is 11.4. The highest BCUT2D eigenvalue weighted by atomic mass is 14.8. The van der Waals surface area contributed by atoms with Gasteiger partial charge in [0.1, 0.15) is 0 Å². The Morgan fingerprint density at radius 2 is 2.00 bits per heavy atom. The minimum absolute atomic E-state index is 0.171. The number of nitrogens with two attached hydrogens (primary N) is 1. The van der Waals surface area contributed by atoms with Crippen LogP contribution in [0.25, 0.3) is 0 Å². The maximum Gasteiger partial charge on any atom is 0.0799 e. The Bertz CT molecular complexity index is 520. The fourth-order valence-electron chi connectivity index (χ4n) is 2.52. The molecule has 1 aliphatic carbocycles. The summed E-state index contributed by atoms with van der Waals surface area (Å²) in [4.78, 5) is 8.41. The zero-order valence-electron chi connectivity index (χ0n) is 10.3. The number of aromatic nitrogens is 2. The summed E-state index contributed by atoms with van der Waals surface area (Å²) in [6.45, 7) is 0. The molecule has 18 heavy (non-hydrogen) atoms. The smallest absolute Gasteiger partial charge is 0.0799 e. The van der Waals surface area contributed by atoms with Crippen molar-refractivity contribution in [3.63, 3.8) is 0 Å². The molecule has 1 aromatic heterocycles. The van der Waals surface area contributed by atoms with Crippen LogP contribution in [0.3, 0.4) is 0 Å². The summed E-state index contributed by atoms with van der Waals surface area (Å²) in [5.41, 5.74) is 9.76. The number of benzene rings is 1. The number of hydrogen-bond acceptors (Lipinski definition) is 3. The summed E-state index contributed by atoms with van der Waals surface area (Å²) >= 11 is 0. The van der Waals surface area contributed by atoms with E-state index in [1.807, 2.05) is 6.07 Å². The zero-order valence-corrected chi connectivity index (χ0v) is 10.3. The Labute approximate surface area is 107 Å². The second-order valence-corrected chi connectivity index (χ2v) is 4.86. The van der Waals surface area contributed by atoms with Crippen LogP contribution in [0.15, 0.2) is 42.9 Å². The molecule has 1 heterocycles. The van der Waals surface area contributed by atoms with E-state index in [4.69, 9.17) is 5.73 Å². The molecule has 1 aliphatic rings. The van der Waals surface area contributed by atoms with Crippen LogP contribution in [-0.2, 0) is 0 Å². The van der Waals surface area contributed by atoms with Gasteiger partial charge in [-0.1, -0.05) is 30.7 Å². The van der Waals surface area contributed by atoms with Crippen molar-refractivity contribution in [3.8, 4) is 0 Å². The van der Waals surface area contributed by atoms with Crippen LogP contribution >= 0.6 is 0 Å². The van der Waals surface area contributed by atoms with Crippen molar-refractivity contribution < 1.29 is 0 Å². The van der Waals surface area contributed by atoms with Crippen LogP contribution in [0.2, 0.25) is 0 Å². The highest BCUT2D eigenvalue weighted by Gasteiger charge is 2.24. The van der Waals surface area contributed by atoms with Crippen molar-refractivity contribution in [3.05, 3.63) is 59.7 Å². The number of rotatable bonds is 3. The fraction of sp³-hybridized carbons (Fsp3) is 0.333. The van der Waals surface area contributed by atoms with Crippen molar-refractivity contribution in [1.29, 1.82) is 0 Å². The molecule has 0 aliphatic heterocycles. The van der Waals surface area contributed by atoms with Gasteiger partial charge >= 0.3 is 0 Å². The van der Waals surface area contributed by atoms with Gasteiger partial charge in [0.2, 0.25) is 0 Å². The van der Waals surface area contributed by atoms with Gasteiger partial charge in [-0.25, -0.2) is 0 Å². The predicted octanol–water partition coefficient (Wildman–Crippen LogP) is 2.79. The van der Waals surface area contributed by atoms with E-state index in [1.54, 1.807) is 18.6 Å². The normalized spacial score (nSPS) is 17.2. The molecule has 92 valence electrons. The van der Waals surface area contributed by atoms with E-state index < -0.39 is 0 Å². The predicted molar refractivity (Wildman–Crippen MR) is 71.1 cm³/mol. The lowest BCUT2D eigenvalue weighted by molar-refractivity contribution is 0.416. The molecule has 0 bridgehead atoms. The second-order valence-electron chi connectivity index (χ2n) is 4.86. The van der Waals surface area contributed by atoms with Crippen LogP contribution in [0, 0.1) is 0 Å². The third kappa shape index (κ3) is 2.02. The van der Waals surface area contributed by atoms with Crippen molar-refractivity contribution in [1.82, 2.24) is 9.97 Å². The first-order valence-corrected chi connectivity index (χ1v) is 6.46. The topological polar surface area (TPSA) is 51.8 Å². The van der Waals surface area contributed by atoms with Crippen LogP contribution in [-0.4, -0.2) is 9.97 Å². The minimum Gasteiger partial charge on any atom is -0.319 e. The third-order valence-electron chi connectivity index (χ3n) is 3.78. The summed E-state index contributed by atoms with van der Waals surface area (Å²) < 4.78 is 0. The van der Waals surface area contributed by atoms with Gasteiger partial charge in [0, 0.05) is 12.4 Å². The Kier molecular flexibility index (Phi) is 3.07. The second kappa shape index (κ2) is 4.86. The number of nitrogens with zero attached hydrogens (tertiary/aromatic N) is 2. The molecule has 0 radical (unpaired) electrons. The average Bonchev–Trinajstić information content (AvgIpc) is 2.38. The van der Waals surface area contributed by atoms with Gasteiger partial charge in [0.15, 0.2) is 0 Å². The van der Waals surface area contributed by atoms with E-state index in [-0.39, 0.29) is 6.04 Å². The fourth-order valence-corrected chi connectivity index (χ4v) is 2.52. The molecule has 1 saturated carbocycles. The first-order chi connectivity index (χ1) is 8.86. The zero-order chi connectivity index (χ0) is 12.4. The van der Waals surface area contributed by atoms with Crippen molar-refractivity contribution in [2.45, 2.75) is 31.2 Å². The number of hydrogen-bond donors (Lipinski definition) is 1. The van der Waals surface area contributed by atoms with Crippen LogP contribution < -0.4 is 5.73 Å². The monoisotopic (exact) mass is 239 g/mol. The Morgan fingerprint density at radius 1 is 1.17 bits per heavy atom. The van der Waals surface area contributed by atoms with Gasteiger partial charge in [0.05, 0.1) is 17.9 Å². The molecule has 0 amide bonds. The quantitative estimate of drug-likeness (QED) is 0.896. The molecule has 0 spiro atoms. The molecule has 1 fully saturated rings. The van der Waals surface area contributed by atoms with E-state index in [9.17, 15) is 0 Å². The first-order valence-electron chi connectivity index (χ1n) is 6.46. The summed E-state index contributed by atoms with van der Waals surface area (Å²) in [6, 6.07) is 8.30. The molecule has 2 aromatic rings. The minimum atomic E-state index is -0.171. The molecule has 3 nitrogen and oxygen atoms in total. The molecule has 1 unspecified atom stereocenters. The van der Waals surface area contributed by atoms with Crippen molar-refractivity contribution >= 4 is 0 Å². The highest BCUT2D eigenvalue weighted by molar-refractivity contribution is 5.37. The van der Waals surface area contributed by atoms with Crippen molar-refractivity contribution in [2.24, 2.45) is 5.73 Å². The summed E-state index contributed by atoms with van der Waals surface area (Å²) in [6.07, 6.45) is 9.02. The molecule has 1 aromatic carbocycles. The van der Waals surface area contributed by atoms with Crippen LogP contribution in [0.4, 0.5) is 0 Å². The third-order valence-corrected chi connectivity index (χ3v) is 3.78. The van der Waals surface area contributed by atoms with Gasteiger partial charge in [0.25, 0.3) is 0 Å².